The number of aromatic amines is 1. The van der Waals surface area contributed by atoms with E-state index in [1.165, 1.54) is 12.8 Å². The van der Waals surface area contributed by atoms with Crippen LogP contribution in [-0.2, 0) is 4.79 Å². The zero-order valence-electron chi connectivity index (χ0n) is 18.6. The van der Waals surface area contributed by atoms with Crippen molar-refractivity contribution >= 4 is 11.7 Å². The Morgan fingerprint density at radius 1 is 1.00 bits per heavy atom. The predicted molar refractivity (Wildman–Crippen MR) is 121 cm³/mol. The maximum Gasteiger partial charge on any atom is 0.254 e. The molecule has 0 atom stereocenters. The van der Waals surface area contributed by atoms with Crippen molar-refractivity contribution < 1.29 is 4.79 Å². The lowest BCUT2D eigenvalue weighted by Gasteiger charge is -2.36. The fraction of sp³-hybridized carbons (Fsp3) is 0.565. The van der Waals surface area contributed by atoms with Crippen molar-refractivity contribution in [3.63, 3.8) is 0 Å². The first-order chi connectivity index (χ1) is 15.0. The van der Waals surface area contributed by atoms with Crippen LogP contribution in [0, 0.1) is 13.8 Å². The van der Waals surface area contributed by atoms with Crippen LogP contribution in [0.25, 0.3) is 11.4 Å². The number of carbonyl (C=O) groups is 1. The molecule has 2 aliphatic rings. The molecule has 166 valence electrons. The lowest BCUT2D eigenvalue weighted by Crippen LogP contribution is -2.50. The van der Waals surface area contributed by atoms with Gasteiger partial charge in [-0.2, -0.15) is 0 Å². The highest BCUT2D eigenvalue weighted by molar-refractivity contribution is 5.78. The number of anilines is 1. The van der Waals surface area contributed by atoms with Gasteiger partial charge in [-0.15, -0.1) is 0 Å². The number of hydrogen-bond donors (Lipinski definition) is 1. The van der Waals surface area contributed by atoms with Crippen LogP contribution in [0.15, 0.2) is 23.1 Å². The molecule has 2 aromatic rings. The molecule has 1 amide bonds. The second-order valence-electron chi connectivity index (χ2n) is 8.59. The number of nitrogens with one attached hydrogen (secondary N) is 1. The molecule has 0 aliphatic carbocycles. The van der Waals surface area contributed by atoms with Crippen molar-refractivity contribution in [2.24, 2.45) is 0 Å². The zero-order chi connectivity index (χ0) is 21.8. The Balaban J connectivity index is 1.33. The van der Waals surface area contributed by atoms with E-state index in [4.69, 9.17) is 0 Å². The summed E-state index contributed by atoms with van der Waals surface area (Å²) in [6.07, 6.45) is 6.50. The highest BCUT2D eigenvalue weighted by Gasteiger charge is 2.23. The van der Waals surface area contributed by atoms with Gasteiger partial charge < -0.3 is 14.8 Å². The molecule has 8 heteroatoms. The highest BCUT2D eigenvalue weighted by atomic mass is 16.2. The maximum atomic E-state index is 12.6. The minimum atomic E-state index is -0.113. The van der Waals surface area contributed by atoms with Crippen LogP contribution < -0.4 is 10.5 Å². The number of aromatic nitrogens is 3. The van der Waals surface area contributed by atoms with Gasteiger partial charge in [0.1, 0.15) is 11.6 Å². The lowest BCUT2D eigenvalue weighted by atomic mass is 10.2. The van der Waals surface area contributed by atoms with Crippen molar-refractivity contribution in [3.05, 3.63) is 39.9 Å². The van der Waals surface area contributed by atoms with Gasteiger partial charge in [-0.1, -0.05) is 12.8 Å². The van der Waals surface area contributed by atoms with E-state index in [0.29, 0.717) is 17.9 Å². The van der Waals surface area contributed by atoms with Gasteiger partial charge in [-0.3, -0.25) is 14.5 Å². The minimum Gasteiger partial charge on any atom is -0.354 e. The van der Waals surface area contributed by atoms with Crippen molar-refractivity contribution in [3.8, 4) is 11.4 Å². The van der Waals surface area contributed by atoms with Crippen molar-refractivity contribution in [2.45, 2.75) is 39.5 Å². The van der Waals surface area contributed by atoms with E-state index in [9.17, 15) is 9.59 Å². The smallest absolute Gasteiger partial charge is 0.254 e. The fourth-order valence-corrected chi connectivity index (χ4v) is 4.24. The average Bonchev–Trinajstić information content (AvgIpc) is 3.08. The number of rotatable bonds is 4. The van der Waals surface area contributed by atoms with E-state index in [2.05, 4.69) is 24.8 Å². The van der Waals surface area contributed by atoms with E-state index in [-0.39, 0.29) is 11.5 Å². The molecule has 0 aromatic carbocycles. The molecule has 4 rings (SSSR count). The topological polar surface area (TPSA) is 85.4 Å². The van der Waals surface area contributed by atoms with E-state index in [0.717, 1.165) is 69.2 Å². The lowest BCUT2D eigenvalue weighted by molar-refractivity contribution is -0.132. The van der Waals surface area contributed by atoms with E-state index < -0.39 is 0 Å². The predicted octanol–water partition coefficient (Wildman–Crippen LogP) is 1.97. The fourth-order valence-electron chi connectivity index (χ4n) is 4.24. The molecule has 0 saturated carbocycles. The molecule has 0 bridgehead atoms. The first-order valence-electron chi connectivity index (χ1n) is 11.3. The van der Waals surface area contributed by atoms with E-state index in [1.54, 1.807) is 13.1 Å². The third kappa shape index (κ3) is 5.12. The molecular formula is C23H32N6O2. The van der Waals surface area contributed by atoms with Gasteiger partial charge in [0.05, 0.1) is 6.54 Å². The van der Waals surface area contributed by atoms with Gasteiger partial charge in [-0.05, 0) is 38.8 Å². The molecule has 1 N–H and O–H groups in total. The first kappa shape index (κ1) is 21.5. The Morgan fingerprint density at radius 2 is 1.71 bits per heavy atom. The third-order valence-corrected chi connectivity index (χ3v) is 6.43. The van der Waals surface area contributed by atoms with Crippen LogP contribution >= 0.6 is 0 Å². The maximum absolute atomic E-state index is 12.6. The molecule has 2 fully saturated rings. The molecule has 0 spiro atoms. The van der Waals surface area contributed by atoms with Crippen LogP contribution in [0.2, 0.25) is 0 Å². The number of nitrogens with zero attached hydrogens (tertiary/aromatic N) is 5. The summed E-state index contributed by atoms with van der Waals surface area (Å²) < 4.78 is 0. The van der Waals surface area contributed by atoms with Gasteiger partial charge in [0.25, 0.3) is 5.56 Å². The Hall–Kier alpha value is -2.74. The van der Waals surface area contributed by atoms with Crippen molar-refractivity contribution in [2.75, 3.05) is 50.7 Å². The van der Waals surface area contributed by atoms with Crippen LogP contribution in [0.3, 0.4) is 0 Å². The Labute approximate surface area is 183 Å². The number of H-pyrrole nitrogens is 1. The van der Waals surface area contributed by atoms with Gasteiger partial charge in [0.15, 0.2) is 0 Å². The summed E-state index contributed by atoms with van der Waals surface area (Å²) in [4.78, 5) is 43.1. The second-order valence-corrected chi connectivity index (χ2v) is 8.59. The molecule has 0 radical (unpaired) electrons. The number of carbonyl (C=O) groups excluding carboxylic acids is 1. The number of pyridine rings is 1. The Kier molecular flexibility index (Phi) is 6.65. The van der Waals surface area contributed by atoms with E-state index >= 15 is 0 Å². The number of piperazine rings is 1. The van der Waals surface area contributed by atoms with Crippen LogP contribution in [-0.4, -0.2) is 76.5 Å². The summed E-state index contributed by atoms with van der Waals surface area (Å²) >= 11 is 0. The van der Waals surface area contributed by atoms with Gasteiger partial charge >= 0.3 is 0 Å². The summed E-state index contributed by atoms with van der Waals surface area (Å²) in [6.45, 7) is 9.36. The molecular weight excluding hydrogens is 392 g/mol. The van der Waals surface area contributed by atoms with E-state index in [1.807, 2.05) is 24.0 Å². The van der Waals surface area contributed by atoms with Crippen molar-refractivity contribution in [1.29, 1.82) is 0 Å². The van der Waals surface area contributed by atoms with Gasteiger partial charge in [0.2, 0.25) is 5.91 Å². The summed E-state index contributed by atoms with van der Waals surface area (Å²) in [7, 11) is 0. The first-order valence-corrected chi connectivity index (χ1v) is 11.3. The minimum absolute atomic E-state index is 0.113. The number of amides is 1. The van der Waals surface area contributed by atoms with Gasteiger partial charge in [-0.25, -0.2) is 9.97 Å². The molecule has 0 unspecified atom stereocenters. The summed E-state index contributed by atoms with van der Waals surface area (Å²) in [5.74, 6) is 1.73. The normalized spacial score (nSPS) is 18.1. The standard InChI is InChI=1S/C23H32N6O2/c1-17-18(2)25-22(26-23(17)31)19-7-8-20(24-15-19)28-13-11-27(12-14-28)16-21(30)29-9-5-3-4-6-10-29/h7-8,15H,3-6,9-14,16H2,1-2H3,(H,25,26,31). The Bertz CT molecular complexity index is 955. The van der Waals surface area contributed by atoms with Gasteiger partial charge in [0, 0.05) is 62.3 Å². The van der Waals surface area contributed by atoms with Crippen LogP contribution in [0.5, 0.6) is 0 Å². The zero-order valence-corrected chi connectivity index (χ0v) is 18.6. The summed E-state index contributed by atoms with van der Waals surface area (Å²) in [6, 6.07) is 3.92. The average molecular weight is 425 g/mol. The summed E-state index contributed by atoms with van der Waals surface area (Å²) in [5, 5.41) is 0. The molecule has 2 aliphatic heterocycles. The second kappa shape index (κ2) is 9.60. The highest BCUT2D eigenvalue weighted by Crippen LogP contribution is 2.19. The molecule has 2 saturated heterocycles. The SMILES string of the molecule is Cc1nc(-c2ccc(N3CCN(CC(=O)N4CCCCCC4)CC3)nc2)[nH]c(=O)c1C. The monoisotopic (exact) mass is 424 g/mol. The number of hydrogen-bond acceptors (Lipinski definition) is 6. The molecule has 4 heterocycles. The molecule has 8 nitrogen and oxygen atoms in total. The van der Waals surface area contributed by atoms with Crippen LogP contribution in [0.1, 0.15) is 36.9 Å². The quantitative estimate of drug-likeness (QED) is 0.808. The van der Waals surface area contributed by atoms with Crippen LogP contribution in [0.4, 0.5) is 5.82 Å². The third-order valence-electron chi connectivity index (χ3n) is 6.43. The van der Waals surface area contributed by atoms with Crippen molar-refractivity contribution in [1.82, 2.24) is 24.8 Å². The summed E-state index contributed by atoms with van der Waals surface area (Å²) in [5.41, 5.74) is 2.05. The molecule has 2 aromatic heterocycles. The number of likely N-dealkylation sites (tertiary alicyclic amines) is 1. The number of aryl methyl sites for hydroxylation is 1. The Morgan fingerprint density at radius 3 is 2.32 bits per heavy atom. The molecule has 31 heavy (non-hydrogen) atoms. The largest absolute Gasteiger partial charge is 0.354 e.